The van der Waals surface area contributed by atoms with Gasteiger partial charge in [0.15, 0.2) is 5.78 Å². The molecule has 1 rings (SSSR count). The van der Waals surface area contributed by atoms with E-state index in [2.05, 4.69) is 13.8 Å². The summed E-state index contributed by atoms with van der Waals surface area (Å²) in [4.78, 5) is 11.8. The van der Waals surface area contributed by atoms with Crippen molar-refractivity contribution in [3.8, 4) is 0 Å². The number of halogens is 1. The summed E-state index contributed by atoms with van der Waals surface area (Å²) in [7, 11) is 0. The molecule has 0 bridgehead atoms. The molecule has 0 atom stereocenters. The number of ketones is 1. The van der Waals surface area contributed by atoms with Gasteiger partial charge in [-0.1, -0.05) is 13.8 Å². The average molecular weight is 240 g/mol. The molecule has 0 N–H and O–H groups in total. The van der Waals surface area contributed by atoms with Gasteiger partial charge in [0.25, 0.3) is 0 Å². The highest BCUT2D eigenvalue weighted by atomic mass is 32.2. The lowest BCUT2D eigenvalue weighted by molar-refractivity contribution is 0.0989. The van der Waals surface area contributed by atoms with Gasteiger partial charge in [0.05, 0.1) is 0 Å². The maximum atomic E-state index is 13.0. The second-order valence-electron chi connectivity index (χ2n) is 4.06. The van der Waals surface area contributed by atoms with Gasteiger partial charge in [0.2, 0.25) is 0 Å². The Kier molecular flexibility index (Phi) is 5.00. The maximum absolute atomic E-state index is 13.0. The number of thioether (sulfide) groups is 1. The lowest BCUT2D eigenvalue weighted by atomic mass is 10.1. The number of carbonyl (C=O) groups is 1. The SMILES string of the molecule is Cc1cc(C(=O)CCSC(C)C)ccc1F. The number of aryl methyl sites for hydroxylation is 1. The molecule has 0 radical (unpaired) electrons. The molecule has 0 fully saturated rings. The molecule has 1 aromatic rings. The highest BCUT2D eigenvalue weighted by Gasteiger charge is 2.08. The van der Waals surface area contributed by atoms with Gasteiger partial charge in [-0.15, -0.1) is 0 Å². The number of hydrogen-bond donors (Lipinski definition) is 0. The van der Waals surface area contributed by atoms with Crippen molar-refractivity contribution >= 4 is 17.5 Å². The van der Waals surface area contributed by atoms with Crippen LogP contribution in [0.3, 0.4) is 0 Å². The van der Waals surface area contributed by atoms with E-state index in [-0.39, 0.29) is 11.6 Å². The van der Waals surface area contributed by atoms with Crippen molar-refractivity contribution in [2.75, 3.05) is 5.75 Å². The monoisotopic (exact) mass is 240 g/mol. The first-order chi connectivity index (χ1) is 7.50. The van der Waals surface area contributed by atoms with Gasteiger partial charge >= 0.3 is 0 Å². The van der Waals surface area contributed by atoms with Crippen LogP contribution in [0.15, 0.2) is 18.2 Å². The quantitative estimate of drug-likeness (QED) is 0.727. The molecule has 0 aliphatic rings. The summed E-state index contributed by atoms with van der Waals surface area (Å²) < 4.78 is 13.0. The van der Waals surface area contributed by atoms with E-state index in [0.717, 1.165) is 5.75 Å². The minimum absolute atomic E-state index is 0.0938. The summed E-state index contributed by atoms with van der Waals surface area (Å²) in [6.45, 7) is 5.89. The summed E-state index contributed by atoms with van der Waals surface area (Å²) in [5.74, 6) is 0.664. The number of rotatable bonds is 5. The smallest absolute Gasteiger partial charge is 0.163 e. The van der Waals surface area contributed by atoms with E-state index in [1.807, 2.05) is 0 Å². The lowest BCUT2D eigenvalue weighted by Gasteiger charge is -2.05. The van der Waals surface area contributed by atoms with Crippen molar-refractivity contribution in [3.63, 3.8) is 0 Å². The number of benzene rings is 1. The summed E-state index contributed by atoms with van der Waals surface area (Å²) in [6, 6.07) is 4.54. The van der Waals surface area contributed by atoms with Crippen molar-refractivity contribution in [2.45, 2.75) is 32.4 Å². The normalized spacial score (nSPS) is 10.8. The van der Waals surface area contributed by atoms with Crippen LogP contribution >= 0.6 is 11.8 Å². The van der Waals surface area contributed by atoms with Crippen LogP contribution in [-0.4, -0.2) is 16.8 Å². The van der Waals surface area contributed by atoms with Crippen molar-refractivity contribution < 1.29 is 9.18 Å². The van der Waals surface area contributed by atoms with Crippen molar-refractivity contribution in [2.24, 2.45) is 0 Å². The zero-order valence-electron chi connectivity index (χ0n) is 9.92. The van der Waals surface area contributed by atoms with E-state index in [4.69, 9.17) is 0 Å². The van der Waals surface area contributed by atoms with E-state index >= 15 is 0 Å². The maximum Gasteiger partial charge on any atom is 0.163 e. The van der Waals surface area contributed by atoms with Crippen LogP contribution in [0, 0.1) is 12.7 Å². The number of hydrogen-bond acceptors (Lipinski definition) is 2. The summed E-state index contributed by atoms with van der Waals surface area (Å²) in [6.07, 6.45) is 0.522. The Labute approximate surface area is 100 Å². The standard InChI is InChI=1S/C13H17FOS/c1-9(2)16-7-6-13(15)11-4-5-12(14)10(3)8-11/h4-5,8-9H,6-7H2,1-3H3. The molecule has 0 aliphatic carbocycles. The van der Waals surface area contributed by atoms with Gasteiger partial charge in [-0.25, -0.2) is 4.39 Å². The summed E-state index contributed by atoms with van der Waals surface area (Å²) in [5, 5.41) is 0.544. The molecule has 0 amide bonds. The molecule has 3 heteroatoms. The first-order valence-electron chi connectivity index (χ1n) is 5.41. The van der Waals surface area contributed by atoms with Gasteiger partial charge in [-0.3, -0.25) is 4.79 Å². The van der Waals surface area contributed by atoms with Crippen LogP contribution in [-0.2, 0) is 0 Å². The Morgan fingerprint density at radius 1 is 1.44 bits per heavy atom. The van der Waals surface area contributed by atoms with E-state index in [1.54, 1.807) is 30.8 Å². The van der Waals surface area contributed by atoms with Crippen LogP contribution in [0.25, 0.3) is 0 Å². The first kappa shape index (κ1) is 13.2. The molecule has 1 nitrogen and oxygen atoms in total. The van der Waals surface area contributed by atoms with Crippen molar-refractivity contribution in [1.82, 2.24) is 0 Å². The highest BCUT2D eigenvalue weighted by Crippen LogP contribution is 2.15. The van der Waals surface area contributed by atoms with Crippen molar-refractivity contribution in [1.29, 1.82) is 0 Å². The molecule has 0 unspecified atom stereocenters. The van der Waals surface area contributed by atoms with Crippen LogP contribution < -0.4 is 0 Å². The third-order valence-corrected chi connectivity index (χ3v) is 3.37. The minimum Gasteiger partial charge on any atom is -0.294 e. The molecule has 0 saturated carbocycles. The Hall–Kier alpha value is -0.830. The third kappa shape index (κ3) is 3.97. The molecule has 0 aliphatic heterocycles. The molecule has 0 aromatic heterocycles. The van der Waals surface area contributed by atoms with Gasteiger partial charge in [0.1, 0.15) is 5.82 Å². The van der Waals surface area contributed by atoms with Crippen LogP contribution in [0.2, 0.25) is 0 Å². The Balaban J connectivity index is 2.56. The molecule has 0 saturated heterocycles. The van der Waals surface area contributed by atoms with Crippen LogP contribution in [0.4, 0.5) is 4.39 Å². The largest absolute Gasteiger partial charge is 0.294 e. The van der Waals surface area contributed by atoms with Gasteiger partial charge in [-0.05, 0) is 35.9 Å². The Morgan fingerprint density at radius 2 is 2.12 bits per heavy atom. The van der Waals surface area contributed by atoms with Crippen LogP contribution in [0.5, 0.6) is 0 Å². The van der Waals surface area contributed by atoms with Crippen molar-refractivity contribution in [3.05, 3.63) is 35.1 Å². The molecular weight excluding hydrogens is 223 g/mol. The number of Topliss-reactive ketones (excluding diaryl/α,β-unsaturated/α-hetero) is 1. The van der Waals surface area contributed by atoms with Crippen LogP contribution in [0.1, 0.15) is 36.2 Å². The molecule has 88 valence electrons. The molecule has 0 spiro atoms. The zero-order chi connectivity index (χ0) is 12.1. The second-order valence-corrected chi connectivity index (χ2v) is 5.74. The van der Waals surface area contributed by atoms with E-state index in [9.17, 15) is 9.18 Å². The fourth-order valence-electron chi connectivity index (χ4n) is 1.35. The lowest BCUT2D eigenvalue weighted by Crippen LogP contribution is -2.03. The molecule has 1 aromatic carbocycles. The fourth-order valence-corrected chi connectivity index (χ4v) is 2.12. The first-order valence-corrected chi connectivity index (χ1v) is 6.46. The highest BCUT2D eigenvalue weighted by molar-refractivity contribution is 7.99. The minimum atomic E-state index is -0.256. The van der Waals surface area contributed by atoms with Gasteiger partial charge in [0, 0.05) is 17.7 Å². The molecule has 16 heavy (non-hydrogen) atoms. The zero-order valence-corrected chi connectivity index (χ0v) is 10.7. The second kappa shape index (κ2) is 6.04. The predicted octanol–water partition coefficient (Wildman–Crippen LogP) is 3.85. The third-order valence-electron chi connectivity index (χ3n) is 2.26. The molecular formula is C13H17FOS. The topological polar surface area (TPSA) is 17.1 Å². The Bertz CT molecular complexity index is 374. The van der Waals surface area contributed by atoms with E-state index in [1.165, 1.54) is 6.07 Å². The predicted molar refractivity (Wildman–Crippen MR) is 67.7 cm³/mol. The van der Waals surface area contributed by atoms with E-state index < -0.39 is 0 Å². The molecule has 0 heterocycles. The fraction of sp³-hybridized carbons (Fsp3) is 0.462. The Morgan fingerprint density at radius 3 is 2.69 bits per heavy atom. The van der Waals surface area contributed by atoms with E-state index in [0.29, 0.717) is 22.8 Å². The van der Waals surface area contributed by atoms with Gasteiger partial charge < -0.3 is 0 Å². The summed E-state index contributed by atoms with van der Waals surface area (Å²) >= 11 is 1.77. The summed E-state index contributed by atoms with van der Waals surface area (Å²) in [5.41, 5.74) is 1.14. The number of carbonyl (C=O) groups excluding carboxylic acids is 1. The van der Waals surface area contributed by atoms with Gasteiger partial charge in [-0.2, -0.15) is 11.8 Å². The average Bonchev–Trinajstić information content (AvgIpc) is 2.21.